The first-order valence-corrected chi connectivity index (χ1v) is 11.3. The number of ketones is 1. The smallest absolute Gasteiger partial charge is 0.423 e. The van der Waals surface area contributed by atoms with Gasteiger partial charge in [-0.3, -0.25) is 19.5 Å². The molecule has 0 saturated heterocycles. The van der Waals surface area contributed by atoms with Gasteiger partial charge in [0.2, 0.25) is 5.78 Å². The van der Waals surface area contributed by atoms with Crippen molar-refractivity contribution in [2.75, 3.05) is 0 Å². The van der Waals surface area contributed by atoms with Gasteiger partial charge in [0.05, 0.1) is 13.1 Å². The minimum Gasteiger partial charge on any atom is -0.504 e. The molecule has 36 heavy (non-hydrogen) atoms. The molecule has 5 rings (SSSR count). The van der Waals surface area contributed by atoms with Gasteiger partial charge in [-0.1, -0.05) is 42.5 Å². The molecule has 0 radical (unpaired) electrons. The third kappa shape index (κ3) is 4.80. The molecule has 9 heteroatoms. The highest BCUT2D eigenvalue weighted by Gasteiger charge is 2.32. The average molecular weight is 482 g/mol. The summed E-state index contributed by atoms with van der Waals surface area (Å²) in [5, 5.41) is 25.8. The van der Waals surface area contributed by atoms with E-state index in [0.717, 1.165) is 21.7 Å². The van der Waals surface area contributed by atoms with Crippen molar-refractivity contribution in [1.29, 1.82) is 0 Å². The predicted molar refractivity (Wildman–Crippen MR) is 132 cm³/mol. The molecule has 0 saturated carbocycles. The molecule has 3 N–H and O–H groups in total. The van der Waals surface area contributed by atoms with Gasteiger partial charge in [-0.05, 0) is 47.4 Å². The third-order valence-electron chi connectivity index (χ3n) is 5.85. The number of aliphatic hydroxyl groups is 1. The Morgan fingerprint density at radius 2 is 1.75 bits per heavy atom. The second-order valence-electron chi connectivity index (χ2n) is 8.44. The number of carbonyl (C=O) groups excluding carboxylic acids is 1. The SMILES string of the molecule is O=C(O)NN1Cc2cccnc2C(O)=C1C(=O)c1cc(Cc2ccccc2)cc(Cn2cccn2)c1. The van der Waals surface area contributed by atoms with Gasteiger partial charge in [0.15, 0.2) is 5.76 Å². The highest BCUT2D eigenvalue weighted by atomic mass is 16.4. The lowest BCUT2D eigenvalue weighted by Gasteiger charge is -2.30. The van der Waals surface area contributed by atoms with Crippen LogP contribution in [0, 0.1) is 0 Å². The van der Waals surface area contributed by atoms with Gasteiger partial charge in [0.25, 0.3) is 0 Å². The standard InChI is InChI=1S/C27H23N5O4/c33-25(24-26(34)23-21(8-4-9-28-23)17-32(24)30-27(35)36)22-14-19(12-18-6-2-1-3-7-18)13-20(15-22)16-31-11-5-10-29-31/h1-11,13-15,30,34H,12,16-17H2,(H,35,36). The summed E-state index contributed by atoms with van der Waals surface area (Å²) < 4.78 is 1.76. The third-order valence-corrected chi connectivity index (χ3v) is 5.85. The van der Waals surface area contributed by atoms with Crippen molar-refractivity contribution in [3.63, 3.8) is 0 Å². The van der Waals surface area contributed by atoms with Crippen molar-refractivity contribution in [3.05, 3.63) is 125 Å². The molecule has 1 amide bonds. The summed E-state index contributed by atoms with van der Waals surface area (Å²) in [6.45, 7) is 0.493. The molecular formula is C27H23N5O4. The van der Waals surface area contributed by atoms with Crippen LogP contribution in [-0.4, -0.2) is 41.9 Å². The number of aromatic nitrogens is 3. The van der Waals surface area contributed by atoms with E-state index in [9.17, 15) is 19.8 Å². The number of rotatable bonds is 7. The molecule has 0 fully saturated rings. The molecule has 180 valence electrons. The van der Waals surface area contributed by atoms with Crippen molar-refractivity contribution in [2.24, 2.45) is 0 Å². The lowest BCUT2D eigenvalue weighted by molar-refractivity contribution is 0.0948. The normalized spacial score (nSPS) is 12.8. The van der Waals surface area contributed by atoms with Crippen LogP contribution in [0.3, 0.4) is 0 Å². The zero-order valence-corrected chi connectivity index (χ0v) is 19.2. The zero-order valence-electron chi connectivity index (χ0n) is 19.2. The Hall–Kier alpha value is -4.92. The van der Waals surface area contributed by atoms with E-state index in [4.69, 9.17) is 0 Å². The summed E-state index contributed by atoms with van der Waals surface area (Å²) in [7, 11) is 0. The zero-order chi connectivity index (χ0) is 25.1. The molecule has 0 spiro atoms. The summed E-state index contributed by atoms with van der Waals surface area (Å²) in [5.74, 6) is -0.896. The van der Waals surface area contributed by atoms with E-state index in [1.165, 1.54) is 6.20 Å². The minimum atomic E-state index is -1.35. The van der Waals surface area contributed by atoms with Gasteiger partial charge in [-0.2, -0.15) is 5.10 Å². The highest BCUT2D eigenvalue weighted by Crippen LogP contribution is 2.30. The summed E-state index contributed by atoms with van der Waals surface area (Å²) in [5.41, 5.74) is 6.06. The Bertz CT molecular complexity index is 1450. The molecular weight excluding hydrogens is 458 g/mol. The van der Waals surface area contributed by atoms with E-state index in [2.05, 4.69) is 15.5 Å². The molecule has 0 unspecified atom stereocenters. The number of allylic oxidation sites excluding steroid dienone is 1. The fourth-order valence-corrected chi connectivity index (χ4v) is 4.35. The first-order valence-electron chi connectivity index (χ1n) is 11.3. The van der Waals surface area contributed by atoms with Crippen LogP contribution < -0.4 is 5.43 Å². The molecule has 4 aromatic rings. The Balaban J connectivity index is 1.58. The quantitative estimate of drug-likeness (QED) is 0.341. The Kier molecular flexibility index (Phi) is 6.19. The Morgan fingerprint density at radius 3 is 2.50 bits per heavy atom. The molecule has 0 atom stereocenters. The number of carbonyl (C=O) groups is 2. The summed E-state index contributed by atoms with van der Waals surface area (Å²) in [6.07, 6.45) is 4.28. The van der Waals surface area contributed by atoms with E-state index in [1.54, 1.807) is 35.1 Å². The number of benzene rings is 2. The van der Waals surface area contributed by atoms with Crippen LogP contribution in [0.4, 0.5) is 4.79 Å². The number of hydrogen-bond acceptors (Lipinski definition) is 6. The van der Waals surface area contributed by atoms with Crippen LogP contribution in [0.15, 0.2) is 91.0 Å². The Labute approximate surface area is 206 Å². The van der Waals surface area contributed by atoms with Gasteiger partial charge in [0.1, 0.15) is 11.4 Å². The maximum Gasteiger partial charge on any atom is 0.423 e. The molecule has 1 aliphatic rings. The van der Waals surface area contributed by atoms with E-state index in [-0.39, 0.29) is 23.7 Å². The van der Waals surface area contributed by atoms with Crippen molar-refractivity contribution in [3.8, 4) is 0 Å². The van der Waals surface area contributed by atoms with Crippen molar-refractivity contribution >= 4 is 17.6 Å². The number of fused-ring (bicyclic) bond motifs is 1. The number of carboxylic acid groups (broad SMARTS) is 1. The maximum absolute atomic E-state index is 13.8. The molecule has 1 aliphatic heterocycles. The van der Waals surface area contributed by atoms with Gasteiger partial charge < -0.3 is 10.2 Å². The van der Waals surface area contributed by atoms with Crippen molar-refractivity contribution in [1.82, 2.24) is 25.2 Å². The van der Waals surface area contributed by atoms with Crippen LogP contribution in [0.2, 0.25) is 0 Å². The number of nitrogens with zero attached hydrogens (tertiary/aromatic N) is 4. The van der Waals surface area contributed by atoms with Gasteiger partial charge >= 0.3 is 6.09 Å². The number of Topliss-reactive ketones (excluding diaryl/α,β-unsaturated/α-hetero) is 1. The fourth-order valence-electron chi connectivity index (χ4n) is 4.35. The lowest BCUT2D eigenvalue weighted by Crippen LogP contribution is -2.44. The van der Waals surface area contributed by atoms with Gasteiger partial charge in [0, 0.05) is 29.7 Å². The van der Waals surface area contributed by atoms with E-state index >= 15 is 0 Å². The van der Waals surface area contributed by atoms with Crippen LogP contribution in [0.5, 0.6) is 0 Å². The first-order chi connectivity index (χ1) is 17.5. The van der Waals surface area contributed by atoms with Crippen LogP contribution in [0.25, 0.3) is 5.76 Å². The second kappa shape index (κ2) is 9.75. The Morgan fingerprint density at radius 1 is 0.944 bits per heavy atom. The fraction of sp³-hybridized carbons (Fsp3) is 0.111. The summed E-state index contributed by atoms with van der Waals surface area (Å²) >= 11 is 0. The number of hydrogen-bond donors (Lipinski definition) is 3. The average Bonchev–Trinajstić information content (AvgIpc) is 3.37. The van der Waals surface area contributed by atoms with E-state index in [0.29, 0.717) is 24.1 Å². The van der Waals surface area contributed by atoms with Gasteiger partial charge in [-0.25, -0.2) is 10.2 Å². The van der Waals surface area contributed by atoms with Gasteiger partial charge in [-0.15, -0.1) is 0 Å². The molecule has 3 heterocycles. The molecule has 9 nitrogen and oxygen atoms in total. The maximum atomic E-state index is 13.8. The molecule has 0 bridgehead atoms. The first kappa shape index (κ1) is 22.9. The number of pyridine rings is 1. The monoisotopic (exact) mass is 481 g/mol. The predicted octanol–water partition coefficient (Wildman–Crippen LogP) is 4.02. The lowest BCUT2D eigenvalue weighted by atomic mass is 9.95. The second-order valence-corrected chi connectivity index (χ2v) is 8.44. The summed E-state index contributed by atoms with van der Waals surface area (Å²) in [6, 6.07) is 20.7. The van der Waals surface area contributed by atoms with Crippen molar-refractivity contribution in [2.45, 2.75) is 19.5 Å². The largest absolute Gasteiger partial charge is 0.504 e. The molecule has 2 aromatic carbocycles. The van der Waals surface area contributed by atoms with Crippen LogP contribution in [0.1, 0.15) is 38.3 Å². The van der Waals surface area contributed by atoms with Crippen molar-refractivity contribution < 1.29 is 19.8 Å². The molecule has 2 aromatic heterocycles. The van der Waals surface area contributed by atoms with E-state index < -0.39 is 11.9 Å². The topological polar surface area (TPSA) is 121 Å². The minimum absolute atomic E-state index is 0.0461. The number of hydrazine groups is 1. The number of nitrogens with one attached hydrogen (secondary N) is 1. The number of aliphatic hydroxyl groups excluding tert-OH is 1. The van der Waals surface area contributed by atoms with E-state index in [1.807, 2.05) is 48.7 Å². The highest BCUT2D eigenvalue weighted by molar-refractivity contribution is 6.12. The molecule has 0 aliphatic carbocycles. The van der Waals surface area contributed by atoms with Crippen LogP contribution in [-0.2, 0) is 19.5 Å². The van der Waals surface area contributed by atoms with Crippen LogP contribution >= 0.6 is 0 Å². The number of amides is 1. The summed E-state index contributed by atoms with van der Waals surface area (Å²) in [4.78, 5) is 29.5.